The van der Waals surface area contributed by atoms with Gasteiger partial charge in [0.05, 0.1) is 12.1 Å². The third-order valence-electron chi connectivity index (χ3n) is 4.66. The Morgan fingerprint density at radius 2 is 2.09 bits per heavy atom. The number of hydrogen-bond donors (Lipinski definition) is 2. The summed E-state index contributed by atoms with van der Waals surface area (Å²) in [4.78, 5) is 0. The average molecular weight is 316 g/mol. The molecule has 1 fully saturated rings. The summed E-state index contributed by atoms with van der Waals surface area (Å²) in [6.45, 7) is 0.792. The van der Waals surface area contributed by atoms with E-state index in [0.717, 1.165) is 41.3 Å². The third kappa shape index (κ3) is 2.34. The number of phenols is 1. The number of fused-ring (bicyclic) bond motifs is 3. The van der Waals surface area contributed by atoms with E-state index in [9.17, 15) is 5.11 Å². The van der Waals surface area contributed by atoms with Gasteiger partial charge in [-0.25, -0.2) is 0 Å². The van der Waals surface area contributed by atoms with Crippen LogP contribution < -0.4 is 5.32 Å². The lowest BCUT2D eigenvalue weighted by Crippen LogP contribution is -2.35. The number of halogens is 1. The van der Waals surface area contributed by atoms with Gasteiger partial charge in [0, 0.05) is 28.8 Å². The van der Waals surface area contributed by atoms with Crippen LogP contribution in [0.1, 0.15) is 36.1 Å². The number of anilines is 1. The second kappa shape index (κ2) is 5.49. The molecule has 2 aliphatic heterocycles. The van der Waals surface area contributed by atoms with E-state index in [2.05, 4.69) is 11.4 Å². The maximum atomic E-state index is 9.79. The number of hydrogen-bond acceptors (Lipinski definition) is 3. The monoisotopic (exact) mass is 315 g/mol. The predicted molar refractivity (Wildman–Crippen MR) is 87.3 cm³/mol. The van der Waals surface area contributed by atoms with Crippen LogP contribution >= 0.6 is 11.6 Å². The van der Waals surface area contributed by atoms with Crippen molar-refractivity contribution in [2.24, 2.45) is 5.92 Å². The first kappa shape index (κ1) is 13.9. The van der Waals surface area contributed by atoms with E-state index in [1.807, 2.05) is 30.3 Å². The van der Waals surface area contributed by atoms with Crippen LogP contribution in [0.25, 0.3) is 0 Å². The highest BCUT2D eigenvalue weighted by atomic mass is 35.5. The largest absolute Gasteiger partial charge is 0.508 e. The Morgan fingerprint density at radius 1 is 1.18 bits per heavy atom. The molecule has 114 valence electrons. The fraction of sp³-hybridized carbons (Fsp3) is 0.333. The van der Waals surface area contributed by atoms with Gasteiger partial charge in [-0.3, -0.25) is 0 Å². The van der Waals surface area contributed by atoms with Crippen molar-refractivity contribution in [1.29, 1.82) is 0 Å². The number of aromatic hydroxyl groups is 1. The van der Waals surface area contributed by atoms with Crippen molar-refractivity contribution in [3.63, 3.8) is 0 Å². The smallest absolute Gasteiger partial charge is 0.115 e. The van der Waals surface area contributed by atoms with Crippen LogP contribution in [0.15, 0.2) is 42.5 Å². The highest BCUT2D eigenvalue weighted by Gasteiger charge is 2.39. The number of rotatable bonds is 1. The summed E-state index contributed by atoms with van der Waals surface area (Å²) in [5.41, 5.74) is 3.32. The summed E-state index contributed by atoms with van der Waals surface area (Å²) >= 11 is 6.17. The van der Waals surface area contributed by atoms with Crippen LogP contribution in [0, 0.1) is 5.92 Å². The summed E-state index contributed by atoms with van der Waals surface area (Å²) in [5.74, 6) is 0.649. The Bertz CT molecular complexity index is 703. The Labute approximate surface area is 134 Å². The molecular formula is C18H18ClNO2. The molecule has 0 radical (unpaired) electrons. The SMILES string of the molecule is Oc1cccc(C2Nc3ccc(Cl)cc3[C@H]3OCCC[C@@H]23)c1. The topological polar surface area (TPSA) is 41.5 Å². The molecule has 1 unspecified atom stereocenters. The van der Waals surface area contributed by atoms with Gasteiger partial charge >= 0.3 is 0 Å². The number of benzene rings is 2. The van der Waals surface area contributed by atoms with Gasteiger partial charge in [0.1, 0.15) is 5.75 Å². The lowest BCUT2D eigenvalue weighted by Gasteiger charge is -2.43. The van der Waals surface area contributed by atoms with Crippen molar-refractivity contribution < 1.29 is 9.84 Å². The van der Waals surface area contributed by atoms with Crippen LogP contribution in [0.3, 0.4) is 0 Å². The highest BCUT2D eigenvalue weighted by molar-refractivity contribution is 6.30. The number of phenolic OH excluding ortho intramolecular Hbond substituents is 1. The predicted octanol–water partition coefficient (Wildman–Crippen LogP) is 4.68. The molecular weight excluding hydrogens is 298 g/mol. The first-order valence-electron chi connectivity index (χ1n) is 7.69. The average Bonchev–Trinajstić information content (AvgIpc) is 2.54. The van der Waals surface area contributed by atoms with Crippen molar-refractivity contribution in [2.75, 3.05) is 11.9 Å². The van der Waals surface area contributed by atoms with Crippen LogP contribution in [-0.4, -0.2) is 11.7 Å². The Morgan fingerprint density at radius 3 is 2.95 bits per heavy atom. The zero-order valence-electron chi connectivity index (χ0n) is 12.1. The molecule has 2 aromatic carbocycles. The lowest BCUT2D eigenvalue weighted by atomic mass is 9.77. The molecule has 3 atom stereocenters. The van der Waals surface area contributed by atoms with Crippen molar-refractivity contribution >= 4 is 17.3 Å². The van der Waals surface area contributed by atoms with Gasteiger partial charge in [-0.1, -0.05) is 23.7 Å². The first-order valence-corrected chi connectivity index (χ1v) is 8.07. The number of ether oxygens (including phenoxy) is 1. The first-order chi connectivity index (χ1) is 10.7. The van der Waals surface area contributed by atoms with E-state index >= 15 is 0 Å². The lowest BCUT2D eigenvalue weighted by molar-refractivity contribution is -0.0381. The third-order valence-corrected chi connectivity index (χ3v) is 4.89. The fourth-order valence-electron chi connectivity index (χ4n) is 3.69. The molecule has 2 heterocycles. The van der Waals surface area contributed by atoms with Gasteiger partial charge in [-0.05, 0) is 48.7 Å². The van der Waals surface area contributed by atoms with E-state index in [4.69, 9.17) is 16.3 Å². The highest BCUT2D eigenvalue weighted by Crippen LogP contribution is 2.49. The molecule has 22 heavy (non-hydrogen) atoms. The molecule has 0 bridgehead atoms. The zero-order chi connectivity index (χ0) is 15.1. The molecule has 0 spiro atoms. The molecule has 3 nitrogen and oxygen atoms in total. The molecule has 2 aromatic rings. The van der Waals surface area contributed by atoms with Crippen molar-refractivity contribution in [2.45, 2.75) is 25.0 Å². The van der Waals surface area contributed by atoms with Gasteiger partial charge in [0.25, 0.3) is 0 Å². The molecule has 2 N–H and O–H groups in total. The molecule has 0 aromatic heterocycles. The van der Waals surface area contributed by atoms with Crippen LogP contribution in [0.2, 0.25) is 5.02 Å². The minimum Gasteiger partial charge on any atom is -0.508 e. The van der Waals surface area contributed by atoms with Crippen LogP contribution in [-0.2, 0) is 4.74 Å². The minimum absolute atomic E-state index is 0.0658. The molecule has 0 aliphatic carbocycles. The van der Waals surface area contributed by atoms with E-state index < -0.39 is 0 Å². The van der Waals surface area contributed by atoms with Crippen molar-refractivity contribution in [3.8, 4) is 5.75 Å². The Kier molecular flexibility index (Phi) is 3.47. The van der Waals surface area contributed by atoms with Gasteiger partial charge in [-0.15, -0.1) is 0 Å². The summed E-state index contributed by atoms with van der Waals surface area (Å²) in [7, 11) is 0. The van der Waals surface area contributed by atoms with E-state index in [1.165, 1.54) is 0 Å². The minimum atomic E-state index is 0.0658. The fourth-order valence-corrected chi connectivity index (χ4v) is 3.87. The quantitative estimate of drug-likeness (QED) is 0.803. The molecule has 4 heteroatoms. The molecule has 0 saturated carbocycles. The number of nitrogens with one attached hydrogen (secondary N) is 1. The molecule has 0 amide bonds. The van der Waals surface area contributed by atoms with Crippen LogP contribution in [0.4, 0.5) is 5.69 Å². The van der Waals surface area contributed by atoms with Crippen molar-refractivity contribution in [3.05, 3.63) is 58.6 Å². The second-order valence-electron chi connectivity index (χ2n) is 6.05. The second-order valence-corrected chi connectivity index (χ2v) is 6.48. The molecule has 2 aliphatic rings. The summed E-state index contributed by atoms with van der Waals surface area (Å²) in [6.07, 6.45) is 2.23. The van der Waals surface area contributed by atoms with Gasteiger partial charge in [-0.2, -0.15) is 0 Å². The van der Waals surface area contributed by atoms with Crippen molar-refractivity contribution in [1.82, 2.24) is 0 Å². The summed E-state index contributed by atoms with van der Waals surface area (Å²) in [6, 6.07) is 13.6. The summed E-state index contributed by atoms with van der Waals surface area (Å²) < 4.78 is 6.08. The standard InChI is InChI=1S/C18H18ClNO2/c19-12-6-7-16-15(10-12)18-14(5-2-8-22-18)17(20-16)11-3-1-4-13(21)9-11/h1,3-4,6-7,9-10,14,17-18,20-21H,2,5,8H2/t14-,17?,18-/m0/s1. The van der Waals surface area contributed by atoms with Gasteiger partial charge < -0.3 is 15.2 Å². The molecule has 1 saturated heterocycles. The van der Waals surface area contributed by atoms with E-state index in [1.54, 1.807) is 6.07 Å². The summed E-state index contributed by atoms with van der Waals surface area (Å²) in [5, 5.41) is 14.2. The van der Waals surface area contributed by atoms with E-state index in [0.29, 0.717) is 11.7 Å². The van der Waals surface area contributed by atoms with E-state index in [-0.39, 0.29) is 12.1 Å². The molecule has 4 rings (SSSR count). The Hall–Kier alpha value is -1.71. The zero-order valence-corrected chi connectivity index (χ0v) is 12.9. The normalized spacial score (nSPS) is 26.7. The Balaban J connectivity index is 1.79. The van der Waals surface area contributed by atoms with Gasteiger partial charge in [0.2, 0.25) is 0 Å². The maximum absolute atomic E-state index is 9.79. The maximum Gasteiger partial charge on any atom is 0.115 e. The van der Waals surface area contributed by atoms with Crippen LogP contribution in [0.5, 0.6) is 5.75 Å². The van der Waals surface area contributed by atoms with Gasteiger partial charge in [0.15, 0.2) is 0 Å².